The molecular formula is C2H2CuN2O. The minimum Gasteiger partial charge on any atom is -0.346 e. The maximum atomic E-state index is 4.22. The van der Waals surface area contributed by atoms with Crippen molar-refractivity contribution in [1.82, 2.24) is 10.4 Å². The molecule has 1 heterocycles. The molecule has 0 N–H and O–H groups in total. The van der Waals surface area contributed by atoms with Crippen molar-refractivity contribution in [2.45, 2.75) is 0 Å². The van der Waals surface area contributed by atoms with E-state index in [9.17, 15) is 0 Å². The molecule has 0 saturated heterocycles. The summed E-state index contributed by atoms with van der Waals surface area (Å²) in [6.45, 7) is 0. The van der Waals surface area contributed by atoms with Gasteiger partial charge in [-0.05, 0) is 0 Å². The molecule has 0 bridgehead atoms. The molecule has 0 aliphatic heterocycles. The van der Waals surface area contributed by atoms with E-state index in [1.54, 1.807) is 0 Å². The molecule has 0 aromatic carbocycles. The van der Waals surface area contributed by atoms with Crippen molar-refractivity contribution in [2.24, 2.45) is 0 Å². The van der Waals surface area contributed by atoms with Crippen LogP contribution in [0, 0.1) is 0 Å². The summed E-state index contributed by atoms with van der Waals surface area (Å²) >= 11 is 0. The molecule has 1 aromatic heterocycles. The fourth-order valence-corrected chi connectivity index (χ4v) is 0.136. The second-order valence-corrected chi connectivity index (χ2v) is 0.588. The Balaban J connectivity index is 0.000000250. The van der Waals surface area contributed by atoms with E-state index in [1.807, 2.05) is 0 Å². The summed E-state index contributed by atoms with van der Waals surface area (Å²) in [4.78, 5) is 0. The first-order chi connectivity index (χ1) is 2.50. The summed E-state index contributed by atoms with van der Waals surface area (Å²) in [5.74, 6) is 0. The van der Waals surface area contributed by atoms with Crippen molar-refractivity contribution in [3.63, 3.8) is 0 Å². The fraction of sp³-hybridized carbons (Fsp3) is 0. The van der Waals surface area contributed by atoms with Gasteiger partial charge in [-0.1, -0.05) is 0 Å². The Morgan fingerprint density at radius 1 is 1.50 bits per heavy atom. The van der Waals surface area contributed by atoms with Gasteiger partial charge in [-0.3, -0.25) is 0 Å². The molecule has 0 atom stereocenters. The van der Waals surface area contributed by atoms with Crippen LogP contribution in [0.5, 0.6) is 0 Å². The third-order valence-corrected chi connectivity index (χ3v) is 0.283. The average Bonchev–Trinajstić information content (AvgIpc) is 1.76. The minimum atomic E-state index is 0. The SMILES string of the molecule is [Cu].c1conn1. The van der Waals surface area contributed by atoms with Crippen molar-refractivity contribution in [3.8, 4) is 0 Å². The molecule has 0 fully saturated rings. The van der Waals surface area contributed by atoms with Gasteiger partial charge < -0.3 is 4.52 Å². The summed E-state index contributed by atoms with van der Waals surface area (Å²) in [6.07, 6.45) is 2.88. The van der Waals surface area contributed by atoms with Crippen LogP contribution in [0.25, 0.3) is 0 Å². The predicted octanol–water partition coefficient (Wildman–Crippen LogP) is 0.0671. The van der Waals surface area contributed by atoms with Crippen LogP contribution in [0.4, 0.5) is 0 Å². The van der Waals surface area contributed by atoms with Gasteiger partial charge in [0.25, 0.3) is 0 Å². The summed E-state index contributed by atoms with van der Waals surface area (Å²) < 4.78 is 4.22. The van der Waals surface area contributed by atoms with Gasteiger partial charge in [0.1, 0.15) is 6.26 Å². The Morgan fingerprint density at radius 2 is 2.33 bits per heavy atom. The van der Waals surface area contributed by atoms with Crippen molar-refractivity contribution in [1.29, 1.82) is 0 Å². The quantitative estimate of drug-likeness (QED) is 0.470. The molecule has 1 rings (SSSR count). The fourth-order valence-electron chi connectivity index (χ4n) is 0.136. The third kappa shape index (κ3) is 1.19. The van der Waals surface area contributed by atoms with E-state index in [4.69, 9.17) is 0 Å². The number of hydrogen-bond donors (Lipinski definition) is 0. The van der Waals surface area contributed by atoms with Crippen LogP contribution in [0.2, 0.25) is 0 Å². The zero-order valence-corrected chi connectivity index (χ0v) is 3.70. The standard InChI is InChI=1S/C2H2N2O.Cu/c1-2-5-4-3-1;/h1-2H;. The average molecular weight is 134 g/mol. The van der Waals surface area contributed by atoms with Crippen molar-refractivity contribution >= 4 is 0 Å². The van der Waals surface area contributed by atoms with Gasteiger partial charge in [-0.15, -0.1) is 5.10 Å². The number of aromatic nitrogens is 2. The van der Waals surface area contributed by atoms with E-state index >= 15 is 0 Å². The van der Waals surface area contributed by atoms with Crippen molar-refractivity contribution in [2.75, 3.05) is 0 Å². The van der Waals surface area contributed by atoms with Gasteiger partial charge in [0, 0.05) is 22.3 Å². The van der Waals surface area contributed by atoms with E-state index in [0.29, 0.717) is 0 Å². The molecule has 0 spiro atoms. The van der Waals surface area contributed by atoms with Gasteiger partial charge in [0.15, 0.2) is 0 Å². The number of nitrogens with zero attached hydrogens (tertiary/aromatic N) is 2. The van der Waals surface area contributed by atoms with Gasteiger partial charge >= 0.3 is 0 Å². The topological polar surface area (TPSA) is 38.9 Å². The van der Waals surface area contributed by atoms with Crippen molar-refractivity contribution < 1.29 is 21.6 Å². The Hall–Kier alpha value is -0.341. The van der Waals surface area contributed by atoms with E-state index in [1.165, 1.54) is 12.5 Å². The monoisotopic (exact) mass is 133 g/mol. The molecule has 37 valence electrons. The maximum absolute atomic E-state index is 4.22. The molecule has 4 heteroatoms. The number of hydrogen-bond acceptors (Lipinski definition) is 3. The van der Waals surface area contributed by atoms with E-state index < -0.39 is 0 Å². The van der Waals surface area contributed by atoms with Crippen LogP contribution in [0.1, 0.15) is 0 Å². The molecule has 1 radical (unpaired) electrons. The molecular weight excluding hydrogens is 132 g/mol. The van der Waals surface area contributed by atoms with Crippen molar-refractivity contribution in [3.05, 3.63) is 12.5 Å². The first kappa shape index (κ1) is 5.66. The first-order valence-electron chi connectivity index (χ1n) is 1.21. The predicted molar refractivity (Wildman–Crippen MR) is 14.3 cm³/mol. The van der Waals surface area contributed by atoms with Gasteiger partial charge in [-0.25, -0.2) is 0 Å². The molecule has 6 heavy (non-hydrogen) atoms. The Morgan fingerprint density at radius 3 is 2.50 bits per heavy atom. The van der Waals surface area contributed by atoms with Crippen LogP contribution in [-0.2, 0) is 17.1 Å². The molecule has 0 saturated carbocycles. The zero-order chi connectivity index (χ0) is 3.54. The number of rotatable bonds is 0. The Bertz CT molecular complexity index is 68.0. The summed E-state index contributed by atoms with van der Waals surface area (Å²) in [7, 11) is 0. The van der Waals surface area contributed by atoms with Gasteiger partial charge in [0.05, 0.1) is 6.20 Å². The smallest absolute Gasteiger partial charge is 0.144 e. The molecule has 3 nitrogen and oxygen atoms in total. The zero-order valence-electron chi connectivity index (χ0n) is 2.76. The van der Waals surface area contributed by atoms with E-state index in [0.717, 1.165) is 0 Å². The van der Waals surface area contributed by atoms with E-state index in [-0.39, 0.29) is 17.1 Å². The van der Waals surface area contributed by atoms with E-state index in [2.05, 4.69) is 14.9 Å². The minimum absolute atomic E-state index is 0. The summed E-state index contributed by atoms with van der Waals surface area (Å²) in [5, 5.41) is 6.40. The maximum Gasteiger partial charge on any atom is 0.144 e. The van der Waals surface area contributed by atoms with Crippen LogP contribution >= 0.6 is 0 Å². The second kappa shape index (κ2) is 2.87. The van der Waals surface area contributed by atoms with Crippen LogP contribution in [0.3, 0.4) is 0 Å². The Kier molecular flexibility index (Phi) is 2.71. The summed E-state index contributed by atoms with van der Waals surface area (Å²) in [5.41, 5.74) is 0. The summed E-state index contributed by atoms with van der Waals surface area (Å²) in [6, 6.07) is 0. The van der Waals surface area contributed by atoms with Gasteiger partial charge in [0.2, 0.25) is 0 Å². The molecule has 0 amide bonds. The van der Waals surface area contributed by atoms with Crippen LogP contribution < -0.4 is 0 Å². The van der Waals surface area contributed by atoms with Gasteiger partial charge in [-0.2, -0.15) is 0 Å². The first-order valence-corrected chi connectivity index (χ1v) is 1.21. The second-order valence-electron chi connectivity index (χ2n) is 0.588. The Labute approximate surface area is 45.2 Å². The van der Waals surface area contributed by atoms with Crippen LogP contribution in [0.15, 0.2) is 17.0 Å². The molecule has 1 aromatic rings. The third-order valence-electron chi connectivity index (χ3n) is 0.283. The normalized spacial score (nSPS) is 6.67. The molecule has 0 unspecified atom stereocenters. The largest absolute Gasteiger partial charge is 0.346 e. The molecule has 0 aliphatic carbocycles. The van der Waals surface area contributed by atoms with Crippen LogP contribution in [-0.4, -0.2) is 10.4 Å². The molecule has 0 aliphatic rings.